The Labute approximate surface area is 157 Å². The molecule has 0 fully saturated rings. The van der Waals surface area contributed by atoms with Crippen LogP contribution in [-0.2, 0) is 16.1 Å². The van der Waals surface area contributed by atoms with E-state index in [9.17, 15) is 0 Å². The summed E-state index contributed by atoms with van der Waals surface area (Å²) in [5.41, 5.74) is 6.30. The number of hydrogen-bond acceptors (Lipinski definition) is 5. The van der Waals surface area contributed by atoms with E-state index in [1.54, 1.807) is 14.2 Å². The Morgan fingerprint density at radius 1 is 1.19 bits per heavy atom. The van der Waals surface area contributed by atoms with E-state index in [0.29, 0.717) is 6.61 Å². The van der Waals surface area contributed by atoms with Crippen LogP contribution in [0.25, 0.3) is 0 Å². The van der Waals surface area contributed by atoms with Crippen molar-refractivity contribution < 1.29 is 14.2 Å². The molecule has 0 aliphatic heterocycles. The van der Waals surface area contributed by atoms with Gasteiger partial charge < -0.3 is 19.6 Å². The Morgan fingerprint density at radius 3 is 2.46 bits per heavy atom. The maximum Gasteiger partial charge on any atom is 0.118 e. The van der Waals surface area contributed by atoms with Crippen molar-refractivity contribution in [2.24, 2.45) is 10.5 Å². The summed E-state index contributed by atoms with van der Waals surface area (Å²) in [6.07, 6.45) is 2.79. The number of nitrogens with zero attached hydrogens (tertiary/aromatic N) is 1. The fourth-order valence-corrected chi connectivity index (χ4v) is 3.35. The highest BCUT2D eigenvalue weighted by Crippen LogP contribution is 2.36. The van der Waals surface area contributed by atoms with Crippen LogP contribution < -0.4 is 10.2 Å². The number of hydrazone groups is 1. The summed E-state index contributed by atoms with van der Waals surface area (Å²) in [6.45, 7) is 9.88. The standard InChI is InChI=1S/C21H32N2O3/c1-7-22-23-18-13-21(3,4)20(25-6)19(12-15(18)2)26-14-16-8-10-17(24-5)11-9-16/h8-12,19-20,22H,7,13-14H2,1-6H3. The molecule has 1 aromatic carbocycles. The lowest BCUT2D eigenvalue weighted by Gasteiger charge is -2.35. The number of methoxy groups -OCH3 is 2. The third kappa shape index (κ3) is 5.08. The lowest BCUT2D eigenvalue weighted by atomic mass is 9.80. The largest absolute Gasteiger partial charge is 0.497 e. The molecule has 0 saturated carbocycles. The van der Waals surface area contributed by atoms with Gasteiger partial charge in [0.2, 0.25) is 0 Å². The van der Waals surface area contributed by atoms with Crippen LogP contribution in [0.4, 0.5) is 0 Å². The van der Waals surface area contributed by atoms with Crippen molar-refractivity contribution in [3.63, 3.8) is 0 Å². The fourth-order valence-electron chi connectivity index (χ4n) is 3.35. The number of rotatable bonds is 7. The number of benzene rings is 1. The van der Waals surface area contributed by atoms with Crippen LogP contribution in [0.1, 0.15) is 39.7 Å². The van der Waals surface area contributed by atoms with Crippen LogP contribution in [0.5, 0.6) is 5.75 Å². The van der Waals surface area contributed by atoms with Crippen LogP contribution in [0.2, 0.25) is 0 Å². The molecule has 2 atom stereocenters. The minimum absolute atomic E-state index is 0.0509. The quantitative estimate of drug-likeness (QED) is 0.749. The minimum Gasteiger partial charge on any atom is -0.497 e. The summed E-state index contributed by atoms with van der Waals surface area (Å²) in [6, 6.07) is 7.95. The molecule has 2 unspecified atom stereocenters. The molecule has 0 aromatic heterocycles. The van der Waals surface area contributed by atoms with Crippen LogP contribution in [-0.4, -0.2) is 38.7 Å². The summed E-state index contributed by atoms with van der Waals surface area (Å²) in [5.74, 6) is 0.846. The number of ether oxygens (including phenoxy) is 3. The fraction of sp³-hybridized carbons (Fsp3) is 0.571. The van der Waals surface area contributed by atoms with Crippen LogP contribution in [0.15, 0.2) is 41.0 Å². The lowest BCUT2D eigenvalue weighted by molar-refractivity contribution is -0.0882. The molecular weight excluding hydrogens is 328 g/mol. The molecule has 0 bridgehead atoms. The highest BCUT2D eigenvalue weighted by Gasteiger charge is 2.39. The van der Waals surface area contributed by atoms with Crippen molar-refractivity contribution in [3.8, 4) is 5.75 Å². The van der Waals surface area contributed by atoms with Gasteiger partial charge in [-0.05, 0) is 55.0 Å². The van der Waals surface area contributed by atoms with E-state index in [1.165, 1.54) is 0 Å². The first-order valence-corrected chi connectivity index (χ1v) is 9.16. The average molecular weight is 360 g/mol. The third-order valence-corrected chi connectivity index (χ3v) is 4.79. The molecule has 0 heterocycles. The summed E-state index contributed by atoms with van der Waals surface area (Å²) < 4.78 is 17.3. The molecule has 0 amide bonds. The van der Waals surface area contributed by atoms with Gasteiger partial charge in [-0.2, -0.15) is 5.10 Å². The van der Waals surface area contributed by atoms with E-state index >= 15 is 0 Å². The summed E-state index contributed by atoms with van der Waals surface area (Å²) >= 11 is 0. The van der Waals surface area contributed by atoms with Gasteiger partial charge in [0.25, 0.3) is 0 Å². The molecule has 0 radical (unpaired) electrons. The zero-order valence-electron chi connectivity index (χ0n) is 16.8. The minimum atomic E-state index is -0.133. The predicted molar refractivity (Wildman–Crippen MR) is 106 cm³/mol. The Bertz CT molecular complexity index is 635. The summed E-state index contributed by atoms with van der Waals surface area (Å²) in [7, 11) is 3.42. The molecule has 1 aliphatic carbocycles. The van der Waals surface area contributed by atoms with E-state index in [-0.39, 0.29) is 17.6 Å². The SMILES string of the molecule is CCNN=C1CC(C)(C)C(OC)C(OCc2ccc(OC)cc2)C=C1C. The first kappa shape index (κ1) is 20.5. The highest BCUT2D eigenvalue weighted by molar-refractivity contribution is 6.00. The number of allylic oxidation sites excluding steroid dienone is 1. The highest BCUT2D eigenvalue weighted by atomic mass is 16.5. The van der Waals surface area contributed by atoms with Crippen molar-refractivity contribution in [2.75, 3.05) is 20.8 Å². The van der Waals surface area contributed by atoms with E-state index in [0.717, 1.165) is 35.6 Å². The second-order valence-corrected chi connectivity index (χ2v) is 7.37. The molecule has 0 spiro atoms. The number of hydrogen-bond donors (Lipinski definition) is 1. The molecule has 1 aromatic rings. The van der Waals surface area contributed by atoms with Crippen molar-refractivity contribution in [2.45, 2.75) is 52.9 Å². The number of nitrogens with one attached hydrogen (secondary N) is 1. The van der Waals surface area contributed by atoms with Gasteiger partial charge in [-0.15, -0.1) is 0 Å². The van der Waals surface area contributed by atoms with Crippen molar-refractivity contribution in [1.82, 2.24) is 5.43 Å². The third-order valence-electron chi connectivity index (χ3n) is 4.79. The van der Waals surface area contributed by atoms with Gasteiger partial charge in [-0.25, -0.2) is 0 Å². The smallest absolute Gasteiger partial charge is 0.118 e. The average Bonchev–Trinajstić information content (AvgIpc) is 2.72. The lowest BCUT2D eigenvalue weighted by Crippen LogP contribution is -2.41. The maximum atomic E-state index is 6.27. The predicted octanol–water partition coefficient (Wildman–Crippen LogP) is 3.94. The molecule has 2 rings (SSSR count). The van der Waals surface area contributed by atoms with Gasteiger partial charge in [0.05, 0.1) is 25.5 Å². The molecule has 1 aliphatic rings. The molecule has 1 N–H and O–H groups in total. The molecule has 5 nitrogen and oxygen atoms in total. The molecule has 26 heavy (non-hydrogen) atoms. The summed E-state index contributed by atoms with van der Waals surface area (Å²) in [4.78, 5) is 0. The van der Waals surface area contributed by atoms with Crippen LogP contribution >= 0.6 is 0 Å². The Balaban J connectivity index is 2.20. The Hall–Kier alpha value is -1.85. The van der Waals surface area contributed by atoms with E-state index in [2.05, 4.69) is 37.4 Å². The van der Waals surface area contributed by atoms with Crippen LogP contribution in [0.3, 0.4) is 0 Å². The monoisotopic (exact) mass is 360 g/mol. The molecular formula is C21H32N2O3. The van der Waals surface area contributed by atoms with Gasteiger partial charge in [0.1, 0.15) is 11.9 Å². The zero-order chi connectivity index (χ0) is 19.2. The van der Waals surface area contributed by atoms with Crippen molar-refractivity contribution in [3.05, 3.63) is 41.5 Å². The molecule has 144 valence electrons. The Kier molecular flexibility index (Phi) is 7.23. The first-order valence-electron chi connectivity index (χ1n) is 9.16. The van der Waals surface area contributed by atoms with Crippen molar-refractivity contribution >= 4 is 5.71 Å². The van der Waals surface area contributed by atoms with Gasteiger partial charge in [0, 0.05) is 13.7 Å². The first-order chi connectivity index (χ1) is 12.4. The van der Waals surface area contributed by atoms with E-state index < -0.39 is 0 Å². The second kappa shape index (κ2) is 9.19. The topological polar surface area (TPSA) is 52.1 Å². The van der Waals surface area contributed by atoms with Gasteiger partial charge in [-0.1, -0.05) is 26.0 Å². The summed E-state index contributed by atoms with van der Waals surface area (Å²) in [5, 5.41) is 4.55. The Morgan fingerprint density at radius 2 is 1.88 bits per heavy atom. The van der Waals surface area contributed by atoms with Gasteiger partial charge >= 0.3 is 0 Å². The normalized spacial score (nSPS) is 24.1. The molecule has 5 heteroatoms. The maximum absolute atomic E-state index is 6.27. The van der Waals surface area contributed by atoms with Gasteiger partial charge in [-0.3, -0.25) is 0 Å². The van der Waals surface area contributed by atoms with Gasteiger partial charge in [0.15, 0.2) is 0 Å². The molecule has 0 saturated heterocycles. The van der Waals surface area contributed by atoms with E-state index in [4.69, 9.17) is 14.2 Å². The van der Waals surface area contributed by atoms with E-state index in [1.807, 2.05) is 31.2 Å². The second-order valence-electron chi connectivity index (χ2n) is 7.37. The van der Waals surface area contributed by atoms with Crippen molar-refractivity contribution in [1.29, 1.82) is 0 Å². The van der Waals surface area contributed by atoms with Crippen LogP contribution in [0, 0.1) is 5.41 Å². The zero-order valence-corrected chi connectivity index (χ0v) is 16.8.